The van der Waals surface area contributed by atoms with E-state index in [-0.39, 0.29) is 12.3 Å². The third-order valence-corrected chi connectivity index (χ3v) is 4.03. The zero-order chi connectivity index (χ0) is 18.4. The Bertz CT molecular complexity index is 702. The van der Waals surface area contributed by atoms with Gasteiger partial charge in [0.25, 0.3) is 0 Å². The summed E-state index contributed by atoms with van der Waals surface area (Å²) in [5.74, 6) is 1.99. The fraction of sp³-hybridized carbons (Fsp3) is 0.450. The molecule has 1 atom stereocenters. The largest absolute Gasteiger partial charge is 0.487 e. The molecular weight excluding hydrogens is 332 g/mol. The van der Waals surface area contributed by atoms with Crippen molar-refractivity contribution in [2.75, 3.05) is 33.4 Å². The van der Waals surface area contributed by atoms with Gasteiger partial charge in [0.05, 0.1) is 26.4 Å². The molecule has 0 saturated carbocycles. The first-order valence-corrected chi connectivity index (χ1v) is 8.92. The number of rotatable bonds is 7. The molecule has 1 aromatic carbocycles. The van der Waals surface area contributed by atoms with E-state index >= 15 is 0 Å². The number of nitrogens with zero attached hydrogens (tertiary/aromatic N) is 2. The third-order valence-electron chi connectivity index (χ3n) is 4.03. The summed E-state index contributed by atoms with van der Waals surface area (Å²) in [6.45, 7) is 6.90. The van der Waals surface area contributed by atoms with Crippen LogP contribution in [0.1, 0.15) is 25.8 Å². The van der Waals surface area contributed by atoms with E-state index in [0.29, 0.717) is 24.8 Å². The van der Waals surface area contributed by atoms with Crippen LogP contribution in [0.15, 0.2) is 42.5 Å². The molecule has 3 rings (SSSR count). The number of para-hydroxylation sites is 2. The van der Waals surface area contributed by atoms with E-state index in [1.54, 1.807) is 7.11 Å². The molecule has 1 fully saturated rings. The summed E-state index contributed by atoms with van der Waals surface area (Å²) in [4.78, 5) is 6.80. The second-order valence-electron chi connectivity index (χ2n) is 6.34. The highest BCUT2D eigenvalue weighted by Crippen LogP contribution is 2.33. The summed E-state index contributed by atoms with van der Waals surface area (Å²) in [5.41, 5.74) is 0.797. The van der Waals surface area contributed by atoms with Crippen molar-refractivity contribution in [3.8, 4) is 17.4 Å². The minimum Gasteiger partial charge on any atom is -0.487 e. The predicted octanol–water partition coefficient (Wildman–Crippen LogP) is 3.29. The molecule has 0 unspecified atom stereocenters. The van der Waals surface area contributed by atoms with Crippen LogP contribution in [0.5, 0.6) is 17.4 Å². The van der Waals surface area contributed by atoms with Gasteiger partial charge in [-0.1, -0.05) is 18.2 Å². The molecule has 0 amide bonds. The van der Waals surface area contributed by atoms with Gasteiger partial charge in [-0.3, -0.25) is 4.90 Å². The van der Waals surface area contributed by atoms with Gasteiger partial charge in [-0.25, -0.2) is 4.98 Å². The molecule has 0 aliphatic carbocycles. The van der Waals surface area contributed by atoms with Crippen molar-refractivity contribution in [2.24, 2.45) is 0 Å². The Hall–Kier alpha value is -2.31. The van der Waals surface area contributed by atoms with E-state index in [2.05, 4.69) is 9.88 Å². The molecule has 0 spiro atoms. The van der Waals surface area contributed by atoms with Gasteiger partial charge in [0, 0.05) is 19.2 Å². The van der Waals surface area contributed by atoms with E-state index in [0.717, 1.165) is 24.5 Å². The lowest BCUT2D eigenvalue weighted by Crippen LogP contribution is -2.41. The van der Waals surface area contributed by atoms with Crippen LogP contribution in [0.4, 0.5) is 0 Å². The molecule has 26 heavy (non-hydrogen) atoms. The minimum absolute atomic E-state index is 0.0662. The van der Waals surface area contributed by atoms with E-state index < -0.39 is 0 Å². The van der Waals surface area contributed by atoms with Crippen molar-refractivity contribution in [3.63, 3.8) is 0 Å². The van der Waals surface area contributed by atoms with E-state index in [9.17, 15) is 0 Å². The molecule has 1 aromatic heterocycles. The smallest absolute Gasteiger partial charge is 0.213 e. The van der Waals surface area contributed by atoms with E-state index in [4.69, 9.17) is 18.9 Å². The summed E-state index contributed by atoms with van der Waals surface area (Å²) >= 11 is 0. The van der Waals surface area contributed by atoms with Crippen LogP contribution in [-0.4, -0.2) is 49.4 Å². The quantitative estimate of drug-likeness (QED) is 0.757. The number of aromatic nitrogens is 1. The molecular formula is C20H26N2O4. The van der Waals surface area contributed by atoms with Crippen molar-refractivity contribution in [1.29, 1.82) is 0 Å². The average molecular weight is 358 g/mol. The van der Waals surface area contributed by atoms with Gasteiger partial charge in [0.2, 0.25) is 5.88 Å². The fourth-order valence-corrected chi connectivity index (χ4v) is 2.84. The fourth-order valence-electron chi connectivity index (χ4n) is 2.84. The number of hydrogen-bond donors (Lipinski definition) is 0. The Morgan fingerprint density at radius 1 is 0.962 bits per heavy atom. The van der Waals surface area contributed by atoms with Crippen molar-refractivity contribution in [2.45, 2.75) is 26.2 Å². The third kappa shape index (κ3) is 4.65. The van der Waals surface area contributed by atoms with Gasteiger partial charge in [0.15, 0.2) is 17.7 Å². The van der Waals surface area contributed by atoms with Crippen molar-refractivity contribution >= 4 is 0 Å². The summed E-state index contributed by atoms with van der Waals surface area (Å²) in [6, 6.07) is 13.4. The zero-order valence-corrected chi connectivity index (χ0v) is 15.6. The van der Waals surface area contributed by atoms with Gasteiger partial charge in [-0.2, -0.15) is 0 Å². The van der Waals surface area contributed by atoms with E-state index in [1.165, 1.54) is 0 Å². The van der Waals surface area contributed by atoms with Crippen LogP contribution in [-0.2, 0) is 4.74 Å². The molecule has 2 aromatic rings. The van der Waals surface area contributed by atoms with Gasteiger partial charge in [-0.15, -0.1) is 0 Å². The maximum absolute atomic E-state index is 6.40. The monoisotopic (exact) mass is 358 g/mol. The van der Waals surface area contributed by atoms with Crippen LogP contribution >= 0.6 is 0 Å². The highest BCUT2D eigenvalue weighted by molar-refractivity contribution is 5.40. The number of ether oxygens (including phenoxy) is 4. The molecule has 1 aliphatic heterocycles. The first-order valence-electron chi connectivity index (χ1n) is 8.92. The lowest BCUT2D eigenvalue weighted by Gasteiger charge is -2.34. The standard InChI is InChI=1S/C20H26N2O4/c1-15(2)25-17-8-4-5-9-18(17)26-20(22-11-13-24-14-12-22)16-7-6-10-19(21-16)23-3/h4-10,15,20H,11-14H2,1-3H3/t20-/m0/s1. The Morgan fingerprint density at radius 2 is 1.65 bits per heavy atom. The van der Waals surface area contributed by atoms with Crippen molar-refractivity contribution < 1.29 is 18.9 Å². The minimum atomic E-state index is -0.342. The maximum atomic E-state index is 6.40. The van der Waals surface area contributed by atoms with Crippen LogP contribution < -0.4 is 14.2 Å². The summed E-state index contributed by atoms with van der Waals surface area (Å²) in [5, 5.41) is 0. The number of hydrogen-bond acceptors (Lipinski definition) is 6. The molecule has 0 radical (unpaired) electrons. The molecule has 6 nitrogen and oxygen atoms in total. The SMILES string of the molecule is COc1cccc([C@H](Oc2ccccc2OC(C)C)N2CCOCC2)n1. The van der Waals surface area contributed by atoms with E-state index in [1.807, 2.05) is 56.3 Å². The Labute approximate surface area is 154 Å². The number of methoxy groups -OCH3 is 1. The van der Waals surface area contributed by atoms with Gasteiger partial charge >= 0.3 is 0 Å². The van der Waals surface area contributed by atoms with Gasteiger partial charge in [-0.05, 0) is 32.0 Å². The first-order chi connectivity index (χ1) is 12.7. The number of morpholine rings is 1. The Kier molecular flexibility index (Phi) is 6.30. The second-order valence-corrected chi connectivity index (χ2v) is 6.34. The summed E-state index contributed by atoms with van der Waals surface area (Å²) in [7, 11) is 1.61. The topological polar surface area (TPSA) is 53.0 Å². The van der Waals surface area contributed by atoms with Crippen LogP contribution in [0, 0.1) is 0 Å². The van der Waals surface area contributed by atoms with Crippen molar-refractivity contribution in [3.05, 3.63) is 48.2 Å². The molecule has 2 heterocycles. The van der Waals surface area contributed by atoms with Crippen LogP contribution in [0.25, 0.3) is 0 Å². The first kappa shape index (κ1) is 18.5. The summed E-state index contributed by atoms with van der Waals surface area (Å²) < 4.78 is 23.1. The number of pyridine rings is 1. The van der Waals surface area contributed by atoms with Gasteiger partial charge < -0.3 is 18.9 Å². The lowest BCUT2D eigenvalue weighted by atomic mass is 10.2. The maximum Gasteiger partial charge on any atom is 0.213 e. The van der Waals surface area contributed by atoms with Gasteiger partial charge in [0.1, 0.15) is 5.69 Å². The second kappa shape index (κ2) is 8.87. The molecule has 0 bridgehead atoms. The molecule has 0 N–H and O–H groups in total. The predicted molar refractivity (Wildman–Crippen MR) is 98.8 cm³/mol. The van der Waals surface area contributed by atoms with Crippen molar-refractivity contribution in [1.82, 2.24) is 9.88 Å². The highest BCUT2D eigenvalue weighted by atomic mass is 16.5. The lowest BCUT2D eigenvalue weighted by molar-refractivity contribution is -0.0504. The highest BCUT2D eigenvalue weighted by Gasteiger charge is 2.27. The average Bonchev–Trinajstić information content (AvgIpc) is 2.67. The van der Waals surface area contributed by atoms with Crippen LogP contribution in [0.2, 0.25) is 0 Å². The molecule has 6 heteroatoms. The molecule has 1 saturated heterocycles. The molecule has 140 valence electrons. The normalized spacial score (nSPS) is 16.3. The summed E-state index contributed by atoms with van der Waals surface area (Å²) in [6.07, 6.45) is -0.276. The zero-order valence-electron chi connectivity index (χ0n) is 15.6. The Morgan fingerprint density at radius 3 is 2.31 bits per heavy atom. The number of benzene rings is 1. The Balaban J connectivity index is 1.91. The van der Waals surface area contributed by atoms with Crippen LogP contribution in [0.3, 0.4) is 0 Å². The molecule has 1 aliphatic rings.